The molecule has 20 heavy (non-hydrogen) atoms. The Morgan fingerprint density at radius 3 is 2.30 bits per heavy atom. The monoisotopic (exact) mass is 288 g/mol. The molecule has 1 unspecified atom stereocenters. The molecule has 0 heterocycles. The fourth-order valence-electron chi connectivity index (χ4n) is 1.95. The van der Waals surface area contributed by atoms with E-state index in [0.717, 1.165) is 18.1 Å². The SMILES string of the molecule is CCOC(CSc1ccc(OC)cc1)c1ccccc1. The first kappa shape index (κ1) is 14.9. The third kappa shape index (κ3) is 4.29. The summed E-state index contributed by atoms with van der Waals surface area (Å²) in [6.07, 6.45) is 0.133. The highest BCUT2D eigenvalue weighted by Crippen LogP contribution is 2.28. The van der Waals surface area contributed by atoms with E-state index in [-0.39, 0.29) is 6.10 Å². The molecule has 0 aliphatic carbocycles. The molecule has 0 fully saturated rings. The number of hydrogen-bond donors (Lipinski definition) is 0. The van der Waals surface area contributed by atoms with Gasteiger partial charge in [-0.3, -0.25) is 0 Å². The van der Waals surface area contributed by atoms with Crippen molar-refractivity contribution in [3.05, 3.63) is 60.2 Å². The molecule has 0 saturated carbocycles. The molecule has 2 rings (SSSR count). The number of ether oxygens (including phenoxy) is 2. The zero-order valence-electron chi connectivity index (χ0n) is 11.9. The Balaban J connectivity index is 1.98. The summed E-state index contributed by atoms with van der Waals surface area (Å²) in [5, 5.41) is 0. The molecule has 0 radical (unpaired) electrons. The summed E-state index contributed by atoms with van der Waals surface area (Å²) in [6, 6.07) is 18.5. The van der Waals surface area contributed by atoms with Crippen LogP contribution in [0.3, 0.4) is 0 Å². The van der Waals surface area contributed by atoms with Crippen LogP contribution in [0.4, 0.5) is 0 Å². The highest BCUT2D eigenvalue weighted by atomic mass is 32.2. The minimum Gasteiger partial charge on any atom is -0.497 e. The summed E-state index contributed by atoms with van der Waals surface area (Å²) in [7, 11) is 1.68. The van der Waals surface area contributed by atoms with Gasteiger partial charge in [-0.05, 0) is 36.8 Å². The second kappa shape index (κ2) is 7.98. The van der Waals surface area contributed by atoms with E-state index in [1.165, 1.54) is 10.5 Å². The standard InChI is InChI=1S/C17H20O2S/c1-3-19-17(14-7-5-4-6-8-14)13-20-16-11-9-15(18-2)10-12-16/h4-12,17H,3,13H2,1-2H3. The maximum Gasteiger partial charge on any atom is 0.118 e. The summed E-state index contributed by atoms with van der Waals surface area (Å²) < 4.78 is 11.0. The Bertz CT molecular complexity index is 496. The Morgan fingerprint density at radius 1 is 1.00 bits per heavy atom. The molecule has 106 valence electrons. The Kier molecular flexibility index (Phi) is 5.96. The van der Waals surface area contributed by atoms with E-state index in [9.17, 15) is 0 Å². The fourth-order valence-corrected chi connectivity index (χ4v) is 2.91. The van der Waals surface area contributed by atoms with Crippen molar-refractivity contribution in [1.82, 2.24) is 0 Å². The Morgan fingerprint density at radius 2 is 1.70 bits per heavy atom. The van der Waals surface area contributed by atoms with E-state index in [1.54, 1.807) is 18.9 Å². The van der Waals surface area contributed by atoms with Crippen LogP contribution in [0.1, 0.15) is 18.6 Å². The van der Waals surface area contributed by atoms with Gasteiger partial charge < -0.3 is 9.47 Å². The third-order valence-corrected chi connectivity index (χ3v) is 4.07. The van der Waals surface area contributed by atoms with E-state index in [4.69, 9.17) is 9.47 Å². The van der Waals surface area contributed by atoms with Crippen LogP contribution in [0.25, 0.3) is 0 Å². The van der Waals surface area contributed by atoms with Crippen LogP contribution >= 0.6 is 11.8 Å². The number of methoxy groups -OCH3 is 1. The normalized spacial score (nSPS) is 12.1. The van der Waals surface area contributed by atoms with Crippen molar-refractivity contribution >= 4 is 11.8 Å². The first-order valence-corrected chi connectivity index (χ1v) is 7.75. The van der Waals surface area contributed by atoms with Crippen LogP contribution in [-0.2, 0) is 4.74 Å². The van der Waals surface area contributed by atoms with Crippen LogP contribution < -0.4 is 4.74 Å². The van der Waals surface area contributed by atoms with E-state index in [1.807, 2.05) is 25.1 Å². The molecule has 3 heteroatoms. The lowest BCUT2D eigenvalue weighted by Gasteiger charge is -2.17. The second-order valence-electron chi connectivity index (χ2n) is 4.34. The van der Waals surface area contributed by atoms with Gasteiger partial charge in [-0.1, -0.05) is 30.3 Å². The first-order valence-electron chi connectivity index (χ1n) is 6.77. The minimum atomic E-state index is 0.133. The van der Waals surface area contributed by atoms with Crippen molar-refractivity contribution < 1.29 is 9.47 Å². The van der Waals surface area contributed by atoms with E-state index in [2.05, 4.69) is 36.4 Å². The van der Waals surface area contributed by atoms with Crippen molar-refractivity contribution in [2.24, 2.45) is 0 Å². The maximum absolute atomic E-state index is 5.85. The largest absolute Gasteiger partial charge is 0.497 e. The molecule has 0 spiro atoms. The molecule has 0 N–H and O–H groups in total. The quantitative estimate of drug-likeness (QED) is 0.696. The molecular formula is C17H20O2S. The van der Waals surface area contributed by atoms with Gasteiger partial charge in [-0.25, -0.2) is 0 Å². The minimum absolute atomic E-state index is 0.133. The van der Waals surface area contributed by atoms with E-state index < -0.39 is 0 Å². The van der Waals surface area contributed by atoms with Gasteiger partial charge in [0.1, 0.15) is 5.75 Å². The molecule has 0 bridgehead atoms. The van der Waals surface area contributed by atoms with Gasteiger partial charge in [0.25, 0.3) is 0 Å². The molecule has 0 amide bonds. The van der Waals surface area contributed by atoms with Gasteiger partial charge in [0.15, 0.2) is 0 Å². The van der Waals surface area contributed by atoms with Crippen LogP contribution in [0.2, 0.25) is 0 Å². The summed E-state index contributed by atoms with van der Waals surface area (Å²) in [5.74, 6) is 1.79. The van der Waals surface area contributed by atoms with Crippen molar-refractivity contribution in [2.75, 3.05) is 19.5 Å². The zero-order valence-corrected chi connectivity index (χ0v) is 12.7. The molecule has 2 nitrogen and oxygen atoms in total. The average molecular weight is 288 g/mol. The molecule has 0 aliphatic rings. The smallest absolute Gasteiger partial charge is 0.118 e. The van der Waals surface area contributed by atoms with Crippen molar-refractivity contribution in [3.63, 3.8) is 0 Å². The first-order chi connectivity index (χ1) is 9.83. The lowest BCUT2D eigenvalue weighted by Crippen LogP contribution is -2.06. The third-order valence-electron chi connectivity index (χ3n) is 3.00. The topological polar surface area (TPSA) is 18.5 Å². The van der Waals surface area contributed by atoms with Crippen molar-refractivity contribution in [1.29, 1.82) is 0 Å². The molecule has 0 aromatic heterocycles. The van der Waals surface area contributed by atoms with E-state index in [0.29, 0.717) is 0 Å². The number of rotatable bonds is 7. The van der Waals surface area contributed by atoms with Crippen LogP contribution in [-0.4, -0.2) is 19.5 Å². The summed E-state index contributed by atoms with van der Waals surface area (Å²) in [5.41, 5.74) is 1.23. The van der Waals surface area contributed by atoms with Crippen molar-refractivity contribution in [2.45, 2.75) is 17.9 Å². The summed E-state index contributed by atoms with van der Waals surface area (Å²) in [6.45, 7) is 2.76. The summed E-state index contributed by atoms with van der Waals surface area (Å²) >= 11 is 1.80. The molecule has 0 aliphatic heterocycles. The molecule has 1 atom stereocenters. The lowest BCUT2D eigenvalue weighted by molar-refractivity contribution is 0.0798. The summed E-state index contributed by atoms with van der Waals surface area (Å²) in [4.78, 5) is 1.23. The predicted octanol–water partition coefficient (Wildman–Crippen LogP) is 4.57. The van der Waals surface area contributed by atoms with Crippen LogP contribution in [0.5, 0.6) is 5.75 Å². The second-order valence-corrected chi connectivity index (χ2v) is 5.43. The Labute approximate surface area is 125 Å². The van der Waals surface area contributed by atoms with Gasteiger partial charge in [-0.2, -0.15) is 0 Å². The number of thioether (sulfide) groups is 1. The van der Waals surface area contributed by atoms with Gasteiger partial charge in [0, 0.05) is 17.3 Å². The van der Waals surface area contributed by atoms with Gasteiger partial charge in [-0.15, -0.1) is 11.8 Å². The van der Waals surface area contributed by atoms with Gasteiger partial charge in [0.05, 0.1) is 13.2 Å². The zero-order chi connectivity index (χ0) is 14.2. The number of benzene rings is 2. The van der Waals surface area contributed by atoms with Crippen LogP contribution in [0.15, 0.2) is 59.5 Å². The van der Waals surface area contributed by atoms with Crippen LogP contribution in [0, 0.1) is 0 Å². The highest BCUT2D eigenvalue weighted by molar-refractivity contribution is 7.99. The fraction of sp³-hybridized carbons (Fsp3) is 0.294. The molecular weight excluding hydrogens is 268 g/mol. The molecule has 2 aromatic rings. The van der Waals surface area contributed by atoms with Crippen molar-refractivity contribution in [3.8, 4) is 5.75 Å². The van der Waals surface area contributed by atoms with Gasteiger partial charge in [0.2, 0.25) is 0 Å². The number of hydrogen-bond acceptors (Lipinski definition) is 3. The molecule has 0 saturated heterocycles. The maximum atomic E-state index is 5.85. The average Bonchev–Trinajstić information content (AvgIpc) is 2.53. The van der Waals surface area contributed by atoms with E-state index >= 15 is 0 Å². The highest BCUT2D eigenvalue weighted by Gasteiger charge is 2.11. The Hall–Kier alpha value is -1.45. The predicted molar refractivity (Wildman–Crippen MR) is 84.5 cm³/mol. The lowest BCUT2D eigenvalue weighted by atomic mass is 10.1. The molecule has 2 aromatic carbocycles. The van der Waals surface area contributed by atoms with Gasteiger partial charge >= 0.3 is 0 Å².